The second kappa shape index (κ2) is 7.55. The first-order chi connectivity index (χ1) is 9.66. The molecule has 0 bridgehead atoms. The minimum absolute atomic E-state index is 0.00269. The molecule has 0 unspecified atom stereocenters. The predicted molar refractivity (Wildman–Crippen MR) is 74.4 cm³/mol. The van der Waals surface area contributed by atoms with Crippen molar-refractivity contribution in [2.45, 2.75) is 38.2 Å². The van der Waals surface area contributed by atoms with Gasteiger partial charge in [-0.3, -0.25) is 4.79 Å². The molecule has 1 amide bonds. The molecule has 20 heavy (non-hydrogen) atoms. The molecule has 1 heterocycles. The number of rotatable bonds is 5. The number of ether oxygens (including phenoxy) is 1. The largest absolute Gasteiger partial charge is 0.376 e. The van der Waals surface area contributed by atoms with E-state index in [-0.39, 0.29) is 10.7 Å². The lowest BCUT2D eigenvalue weighted by atomic mass is 9.98. The molecule has 1 aliphatic carbocycles. The highest BCUT2D eigenvalue weighted by Gasteiger charge is 2.15. The van der Waals surface area contributed by atoms with E-state index in [4.69, 9.17) is 16.3 Å². The number of carbonyl (C=O) groups excluding carboxylic acids is 1. The zero-order valence-electron chi connectivity index (χ0n) is 11.2. The summed E-state index contributed by atoms with van der Waals surface area (Å²) in [5.74, 6) is -1.02. The second-order valence-corrected chi connectivity index (χ2v) is 5.24. The Labute approximate surface area is 122 Å². The third-order valence-corrected chi connectivity index (χ3v) is 3.64. The maximum Gasteiger partial charge on any atom is 0.254 e. The van der Waals surface area contributed by atoms with Gasteiger partial charge in [0.2, 0.25) is 0 Å². The van der Waals surface area contributed by atoms with Gasteiger partial charge in [-0.15, -0.1) is 0 Å². The molecule has 1 aliphatic rings. The Balaban J connectivity index is 1.73. The van der Waals surface area contributed by atoms with E-state index >= 15 is 0 Å². The highest BCUT2D eigenvalue weighted by molar-refractivity contribution is 6.32. The van der Waals surface area contributed by atoms with E-state index in [0.717, 1.165) is 25.1 Å². The molecule has 0 atom stereocenters. The molecule has 2 rings (SSSR count). The standard InChI is InChI=1S/C14H18ClFN2O2/c15-13-12(8-10(16)9-18-13)14(19)17-6-7-20-11-4-2-1-3-5-11/h8-9,11H,1-7H2,(H,17,19). The molecule has 0 aliphatic heterocycles. The summed E-state index contributed by atoms with van der Waals surface area (Å²) in [4.78, 5) is 15.4. The van der Waals surface area contributed by atoms with Crippen molar-refractivity contribution in [2.75, 3.05) is 13.2 Å². The van der Waals surface area contributed by atoms with Crippen molar-refractivity contribution in [2.24, 2.45) is 0 Å². The number of amides is 1. The van der Waals surface area contributed by atoms with E-state index in [1.807, 2.05) is 0 Å². The van der Waals surface area contributed by atoms with Crippen molar-refractivity contribution in [3.8, 4) is 0 Å². The van der Waals surface area contributed by atoms with Crippen LogP contribution in [0.25, 0.3) is 0 Å². The number of hydrogen-bond donors (Lipinski definition) is 1. The predicted octanol–water partition coefficient (Wildman–Crippen LogP) is 2.95. The Morgan fingerprint density at radius 1 is 1.45 bits per heavy atom. The monoisotopic (exact) mass is 300 g/mol. The lowest BCUT2D eigenvalue weighted by Gasteiger charge is -2.22. The summed E-state index contributed by atoms with van der Waals surface area (Å²) >= 11 is 5.76. The van der Waals surface area contributed by atoms with Crippen molar-refractivity contribution in [1.29, 1.82) is 0 Å². The van der Waals surface area contributed by atoms with Gasteiger partial charge < -0.3 is 10.1 Å². The van der Waals surface area contributed by atoms with Crippen LogP contribution in [0.2, 0.25) is 5.15 Å². The molecule has 1 saturated carbocycles. The van der Waals surface area contributed by atoms with Gasteiger partial charge in [-0.1, -0.05) is 30.9 Å². The van der Waals surface area contributed by atoms with E-state index in [1.54, 1.807) is 0 Å². The molecule has 1 aromatic heterocycles. The Kier molecular flexibility index (Phi) is 5.73. The molecule has 110 valence electrons. The van der Waals surface area contributed by atoms with E-state index in [0.29, 0.717) is 19.3 Å². The van der Waals surface area contributed by atoms with Gasteiger partial charge in [0.15, 0.2) is 0 Å². The SMILES string of the molecule is O=C(NCCOC1CCCCC1)c1cc(F)cnc1Cl. The number of carbonyl (C=O) groups is 1. The molecule has 6 heteroatoms. The first kappa shape index (κ1) is 15.2. The number of nitrogens with zero attached hydrogens (tertiary/aromatic N) is 1. The minimum atomic E-state index is -0.585. The van der Waals surface area contributed by atoms with Gasteiger partial charge in [0, 0.05) is 6.54 Å². The fraction of sp³-hybridized carbons (Fsp3) is 0.571. The van der Waals surface area contributed by atoms with E-state index < -0.39 is 11.7 Å². The van der Waals surface area contributed by atoms with Crippen LogP contribution in [0.15, 0.2) is 12.3 Å². The van der Waals surface area contributed by atoms with Crippen molar-refractivity contribution >= 4 is 17.5 Å². The molecule has 0 spiro atoms. The zero-order chi connectivity index (χ0) is 14.4. The van der Waals surface area contributed by atoms with Gasteiger partial charge in [0.1, 0.15) is 11.0 Å². The summed E-state index contributed by atoms with van der Waals surface area (Å²) in [6.07, 6.45) is 7.16. The number of hydrogen-bond acceptors (Lipinski definition) is 3. The molecule has 4 nitrogen and oxygen atoms in total. The van der Waals surface area contributed by atoms with Crippen LogP contribution in [-0.2, 0) is 4.74 Å². The first-order valence-electron chi connectivity index (χ1n) is 6.87. The highest BCUT2D eigenvalue weighted by atomic mass is 35.5. The fourth-order valence-corrected chi connectivity index (χ4v) is 2.49. The summed E-state index contributed by atoms with van der Waals surface area (Å²) in [5, 5.41) is 2.65. The van der Waals surface area contributed by atoms with Crippen molar-refractivity contribution in [3.63, 3.8) is 0 Å². The zero-order valence-corrected chi connectivity index (χ0v) is 12.0. The molecule has 1 N–H and O–H groups in total. The second-order valence-electron chi connectivity index (χ2n) is 4.88. The molecular formula is C14H18ClFN2O2. The third-order valence-electron chi connectivity index (χ3n) is 3.34. The first-order valence-corrected chi connectivity index (χ1v) is 7.25. The van der Waals surface area contributed by atoms with Crippen LogP contribution in [0.1, 0.15) is 42.5 Å². The summed E-state index contributed by atoms with van der Waals surface area (Å²) in [6, 6.07) is 1.08. The third kappa shape index (κ3) is 4.42. The van der Waals surface area contributed by atoms with E-state index in [9.17, 15) is 9.18 Å². The van der Waals surface area contributed by atoms with Gasteiger partial charge in [0.25, 0.3) is 5.91 Å². The quantitative estimate of drug-likeness (QED) is 0.672. The molecule has 1 fully saturated rings. The maximum absolute atomic E-state index is 13.0. The maximum atomic E-state index is 13.0. The summed E-state index contributed by atoms with van der Waals surface area (Å²) < 4.78 is 18.7. The van der Waals surface area contributed by atoms with E-state index in [1.165, 1.54) is 19.3 Å². The van der Waals surface area contributed by atoms with E-state index in [2.05, 4.69) is 10.3 Å². The Morgan fingerprint density at radius 3 is 2.95 bits per heavy atom. The number of nitrogens with one attached hydrogen (secondary N) is 1. The number of halogens is 2. The summed E-state index contributed by atoms with van der Waals surface area (Å²) in [5.41, 5.74) is 0.0457. The molecule has 0 radical (unpaired) electrons. The van der Waals surface area contributed by atoms with Crippen LogP contribution in [0.4, 0.5) is 4.39 Å². The average Bonchev–Trinajstić information content (AvgIpc) is 2.47. The average molecular weight is 301 g/mol. The summed E-state index contributed by atoms with van der Waals surface area (Å²) in [7, 11) is 0. The van der Waals surface area contributed by atoms with Gasteiger partial charge in [-0.25, -0.2) is 9.37 Å². The smallest absolute Gasteiger partial charge is 0.254 e. The Hall–Kier alpha value is -1.20. The molecule has 1 aromatic rings. The number of pyridine rings is 1. The van der Waals surface area contributed by atoms with Gasteiger partial charge in [-0.2, -0.15) is 0 Å². The Morgan fingerprint density at radius 2 is 2.20 bits per heavy atom. The lowest BCUT2D eigenvalue weighted by Crippen LogP contribution is -2.29. The number of aromatic nitrogens is 1. The van der Waals surface area contributed by atoms with Crippen molar-refractivity contribution in [3.05, 3.63) is 28.8 Å². The van der Waals surface area contributed by atoms with Gasteiger partial charge >= 0.3 is 0 Å². The highest BCUT2D eigenvalue weighted by Crippen LogP contribution is 2.20. The molecule has 0 saturated heterocycles. The van der Waals surface area contributed by atoms with Crippen LogP contribution in [0, 0.1) is 5.82 Å². The topological polar surface area (TPSA) is 51.2 Å². The summed E-state index contributed by atoms with van der Waals surface area (Å²) in [6.45, 7) is 0.832. The molecular weight excluding hydrogens is 283 g/mol. The van der Waals surface area contributed by atoms with Crippen LogP contribution in [-0.4, -0.2) is 30.1 Å². The van der Waals surface area contributed by atoms with Crippen LogP contribution >= 0.6 is 11.6 Å². The van der Waals surface area contributed by atoms with Crippen LogP contribution in [0.3, 0.4) is 0 Å². The lowest BCUT2D eigenvalue weighted by molar-refractivity contribution is 0.0299. The van der Waals surface area contributed by atoms with Gasteiger partial charge in [0.05, 0.1) is 24.5 Å². The van der Waals surface area contributed by atoms with Crippen molar-refractivity contribution in [1.82, 2.24) is 10.3 Å². The van der Waals surface area contributed by atoms with Gasteiger partial charge in [-0.05, 0) is 18.9 Å². The molecule has 0 aromatic carbocycles. The van der Waals surface area contributed by atoms with Crippen molar-refractivity contribution < 1.29 is 13.9 Å². The fourth-order valence-electron chi connectivity index (χ4n) is 2.30. The van der Waals surface area contributed by atoms with Crippen LogP contribution in [0.5, 0.6) is 0 Å². The van der Waals surface area contributed by atoms with Crippen LogP contribution < -0.4 is 5.32 Å². The Bertz CT molecular complexity index is 464. The normalized spacial score (nSPS) is 16.1. The minimum Gasteiger partial charge on any atom is -0.376 e.